The van der Waals surface area contributed by atoms with Crippen molar-refractivity contribution in [2.75, 3.05) is 0 Å². The highest BCUT2D eigenvalue weighted by Gasteiger charge is 2.16. The monoisotopic (exact) mass is 222 g/mol. The van der Waals surface area contributed by atoms with Crippen LogP contribution in [-0.4, -0.2) is 5.78 Å². The molecule has 0 spiro atoms. The van der Waals surface area contributed by atoms with E-state index in [4.69, 9.17) is 4.42 Å². The Morgan fingerprint density at radius 3 is 2.56 bits per heavy atom. The zero-order valence-electron chi connectivity index (χ0n) is 8.46. The molecule has 4 heteroatoms. The van der Waals surface area contributed by atoms with Gasteiger partial charge in [0.15, 0.2) is 5.78 Å². The molecule has 0 saturated heterocycles. The van der Waals surface area contributed by atoms with Gasteiger partial charge in [-0.1, -0.05) is 0 Å². The number of furan rings is 1. The Balaban J connectivity index is 2.41. The Kier molecular flexibility index (Phi) is 2.56. The fourth-order valence-electron chi connectivity index (χ4n) is 1.39. The van der Waals surface area contributed by atoms with Crippen molar-refractivity contribution in [3.63, 3.8) is 0 Å². The van der Waals surface area contributed by atoms with Gasteiger partial charge < -0.3 is 4.42 Å². The Morgan fingerprint density at radius 1 is 1.25 bits per heavy atom. The van der Waals surface area contributed by atoms with Crippen LogP contribution in [0.1, 0.15) is 21.7 Å². The summed E-state index contributed by atoms with van der Waals surface area (Å²) in [5.74, 6) is -1.54. The van der Waals surface area contributed by atoms with E-state index in [-0.39, 0.29) is 11.1 Å². The molecule has 16 heavy (non-hydrogen) atoms. The molecule has 0 unspecified atom stereocenters. The third-order valence-electron chi connectivity index (χ3n) is 2.17. The molecule has 0 aliphatic rings. The lowest BCUT2D eigenvalue weighted by molar-refractivity contribution is 0.103. The van der Waals surface area contributed by atoms with E-state index in [0.717, 1.165) is 12.1 Å². The molecular formula is C12H8F2O2. The van der Waals surface area contributed by atoms with E-state index in [0.29, 0.717) is 11.8 Å². The van der Waals surface area contributed by atoms with E-state index < -0.39 is 17.4 Å². The zero-order chi connectivity index (χ0) is 11.7. The standard InChI is InChI=1S/C12H8F2O2/c1-7-4-8(6-16-7)12(15)10-3-2-9(13)5-11(10)14/h2-6H,1H3. The molecule has 1 aromatic heterocycles. The van der Waals surface area contributed by atoms with Crippen LogP contribution in [0.2, 0.25) is 0 Å². The number of halogens is 2. The predicted molar refractivity (Wildman–Crippen MR) is 53.2 cm³/mol. The lowest BCUT2D eigenvalue weighted by Crippen LogP contribution is -2.03. The number of carbonyl (C=O) groups excluding carboxylic acids is 1. The van der Waals surface area contributed by atoms with E-state index in [9.17, 15) is 13.6 Å². The third-order valence-corrected chi connectivity index (χ3v) is 2.17. The molecule has 0 aliphatic carbocycles. The average Bonchev–Trinajstić information content (AvgIpc) is 2.64. The molecule has 0 saturated carbocycles. The number of hydrogen-bond donors (Lipinski definition) is 0. The Labute approximate surface area is 90.5 Å². The van der Waals surface area contributed by atoms with Gasteiger partial charge in [-0.15, -0.1) is 0 Å². The van der Waals surface area contributed by atoms with Crippen LogP contribution in [0.5, 0.6) is 0 Å². The van der Waals surface area contributed by atoms with Gasteiger partial charge in [-0.05, 0) is 25.1 Å². The number of ketones is 1. The summed E-state index contributed by atoms with van der Waals surface area (Å²) in [6.07, 6.45) is 1.25. The molecule has 0 fully saturated rings. The van der Waals surface area contributed by atoms with Crippen molar-refractivity contribution in [3.05, 3.63) is 59.1 Å². The number of benzene rings is 1. The largest absolute Gasteiger partial charge is 0.469 e. The van der Waals surface area contributed by atoms with Gasteiger partial charge in [0.05, 0.1) is 11.1 Å². The molecule has 0 radical (unpaired) electrons. The lowest BCUT2D eigenvalue weighted by Gasteiger charge is -1.99. The molecule has 1 heterocycles. The van der Waals surface area contributed by atoms with Gasteiger partial charge in [-0.2, -0.15) is 0 Å². The van der Waals surface area contributed by atoms with Gasteiger partial charge in [0.25, 0.3) is 0 Å². The van der Waals surface area contributed by atoms with Crippen LogP contribution in [0.25, 0.3) is 0 Å². The topological polar surface area (TPSA) is 30.2 Å². The Hall–Kier alpha value is -1.97. The summed E-state index contributed by atoms with van der Waals surface area (Å²) in [6.45, 7) is 1.68. The fraction of sp³-hybridized carbons (Fsp3) is 0.0833. The SMILES string of the molecule is Cc1cc(C(=O)c2ccc(F)cc2F)co1. The van der Waals surface area contributed by atoms with Crippen LogP contribution in [0, 0.1) is 18.6 Å². The van der Waals surface area contributed by atoms with Crippen LogP contribution in [0.15, 0.2) is 34.9 Å². The smallest absolute Gasteiger partial charge is 0.199 e. The predicted octanol–water partition coefficient (Wildman–Crippen LogP) is 3.10. The highest BCUT2D eigenvalue weighted by atomic mass is 19.1. The van der Waals surface area contributed by atoms with E-state index in [1.807, 2.05) is 0 Å². The van der Waals surface area contributed by atoms with Crippen molar-refractivity contribution in [1.29, 1.82) is 0 Å². The van der Waals surface area contributed by atoms with E-state index in [2.05, 4.69) is 0 Å². The van der Waals surface area contributed by atoms with Gasteiger partial charge in [0.1, 0.15) is 23.7 Å². The normalized spacial score (nSPS) is 10.4. The Morgan fingerprint density at radius 2 is 2.00 bits per heavy atom. The summed E-state index contributed by atoms with van der Waals surface area (Å²) in [4.78, 5) is 11.8. The van der Waals surface area contributed by atoms with Gasteiger partial charge in [-0.3, -0.25) is 4.79 Å². The minimum Gasteiger partial charge on any atom is -0.469 e. The quantitative estimate of drug-likeness (QED) is 0.731. The molecule has 0 atom stereocenters. The van der Waals surface area contributed by atoms with Crippen molar-refractivity contribution in [2.45, 2.75) is 6.92 Å². The highest BCUT2D eigenvalue weighted by Crippen LogP contribution is 2.16. The van der Waals surface area contributed by atoms with E-state index in [1.54, 1.807) is 6.92 Å². The second-order valence-corrected chi connectivity index (χ2v) is 3.40. The number of hydrogen-bond acceptors (Lipinski definition) is 2. The van der Waals surface area contributed by atoms with Crippen molar-refractivity contribution in [3.8, 4) is 0 Å². The maximum absolute atomic E-state index is 13.3. The summed E-state index contributed by atoms with van der Waals surface area (Å²) in [7, 11) is 0. The molecular weight excluding hydrogens is 214 g/mol. The van der Waals surface area contributed by atoms with Gasteiger partial charge in [0.2, 0.25) is 0 Å². The molecule has 2 nitrogen and oxygen atoms in total. The third kappa shape index (κ3) is 1.86. The molecule has 1 aromatic carbocycles. The first-order chi connectivity index (χ1) is 7.58. The van der Waals surface area contributed by atoms with Crippen molar-refractivity contribution < 1.29 is 18.0 Å². The van der Waals surface area contributed by atoms with Crippen molar-refractivity contribution in [2.24, 2.45) is 0 Å². The van der Waals surface area contributed by atoms with Crippen molar-refractivity contribution in [1.82, 2.24) is 0 Å². The molecule has 2 aromatic rings. The maximum atomic E-state index is 13.3. The summed E-state index contributed by atoms with van der Waals surface area (Å²) in [6, 6.07) is 4.35. The second-order valence-electron chi connectivity index (χ2n) is 3.40. The highest BCUT2D eigenvalue weighted by molar-refractivity contribution is 6.09. The summed E-state index contributed by atoms with van der Waals surface area (Å²) in [5.41, 5.74) is 0.0882. The number of aryl methyl sites for hydroxylation is 1. The first-order valence-corrected chi connectivity index (χ1v) is 4.63. The minimum absolute atomic E-state index is 0.165. The summed E-state index contributed by atoms with van der Waals surface area (Å²) < 4.78 is 30.9. The fourth-order valence-corrected chi connectivity index (χ4v) is 1.39. The summed E-state index contributed by atoms with van der Waals surface area (Å²) in [5, 5.41) is 0. The number of rotatable bonds is 2. The molecule has 0 aliphatic heterocycles. The average molecular weight is 222 g/mol. The van der Waals surface area contributed by atoms with E-state index >= 15 is 0 Å². The van der Waals surface area contributed by atoms with Crippen LogP contribution < -0.4 is 0 Å². The summed E-state index contributed by atoms with van der Waals surface area (Å²) >= 11 is 0. The van der Waals surface area contributed by atoms with Crippen LogP contribution in [0.4, 0.5) is 8.78 Å². The van der Waals surface area contributed by atoms with E-state index in [1.165, 1.54) is 12.3 Å². The zero-order valence-corrected chi connectivity index (χ0v) is 8.46. The van der Waals surface area contributed by atoms with Crippen molar-refractivity contribution >= 4 is 5.78 Å². The first kappa shape index (κ1) is 10.5. The first-order valence-electron chi connectivity index (χ1n) is 4.63. The second kappa shape index (κ2) is 3.89. The van der Waals surface area contributed by atoms with Gasteiger partial charge in [0, 0.05) is 6.07 Å². The Bertz CT molecular complexity index is 544. The van der Waals surface area contributed by atoms with Crippen LogP contribution >= 0.6 is 0 Å². The molecule has 0 bridgehead atoms. The van der Waals surface area contributed by atoms with Crippen LogP contribution in [-0.2, 0) is 0 Å². The lowest BCUT2D eigenvalue weighted by atomic mass is 10.1. The molecule has 0 N–H and O–H groups in total. The van der Waals surface area contributed by atoms with Gasteiger partial charge >= 0.3 is 0 Å². The van der Waals surface area contributed by atoms with Crippen LogP contribution in [0.3, 0.4) is 0 Å². The molecule has 0 amide bonds. The van der Waals surface area contributed by atoms with Gasteiger partial charge in [-0.25, -0.2) is 8.78 Å². The maximum Gasteiger partial charge on any atom is 0.199 e. The number of carbonyl (C=O) groups is 1. The molecule has 82 valence electrons. The minimum atomic E-state index is -0.871. The molecule has 2 rings (SSSR count).